The van der Waals surface area contributed by atoms with Gasteiger partial charge in [-0.05, 0) is 91.8 Å². The minimum Gasteiger partial charge on any atom is -0.502 e. The Hall–Kier alpha value is -6.05. The molecule has 6 aliphatic heterocycles. The van der Waals surface area contributed by atoms with E-state index in [0.29, 0.717) is 12.5 Å². The lowest BCUT2D eigenvalue weighted by atomic mass is 9.98. The van der Waals surface area contributed by atoms with E-state index in [4.69, 9.17) is 9.47 Å². The molecule has 0 radical (unpaired) electrons. The molecule has 81 heavy (non-hydrogen) atoms. The highest BCUT2D eigenvalue weighted by Crippen LogP contribution is 2.38. The van der Waals surface area contributed by atoms with Crippen LogP contribution in [0.3, 0.4) is 0 Å². The molecular formula is C61H109F6N7O6S. The number of ether oxygens (including phenoxy) is 6. The number of aromatic nitrogens is 4. The summed E-state index contributed by atoms with van der Waals surface area (Å²) in [4.78, 5) is 6.81. The van der Waals surface area contributed by atoms with E-state index < -0.39 is 18.5 Å². The van der Waals surface area contributed by atoms with Gasteiger partial charge in [0.2, 0.25) is 0 Å². The first-order chi connectivity index (χ1) is 39.6. The predicted octanol–water partition coefficient (Wildman–Crippen LogP) is 18.6. The van der Waals surface area contributed by atoms with E-state index in [1.807, 2.05) is 155 Å². The lowest BCUT2D eigenvalue weighted by Gasteiger charge is -2.26. The first-order valence-electron chi connectivity index (χ1n) is 29.1. The molecule has 0 atom stereocenters. The molecule has 0 saturated heterocycles. The summed E-state index contributed by atoms with van der Waals surface area (Å²) >= 11 is 1.85. The zero-order valence-corrected chi connectivity index (χ0v) is 53.4. The first kappa shape index (κ1) is 88.8. The second-order valence-corrected chi connectivity index (χ2v) is 14.0. The molecule has 2 aliphatic carbocycles. The van der Waals surface area contributed by atoms with E-state index in [0.717, 1.165) is 51.8 Å². The van der Waals surface area contributed by atoms with Crippen LogP contribution in [0.1, 0.15) is 179 Å². The monoisotopic (exact) mass is 1180 g/mol. The van der Waals surface area contributed by atoms with Crippen LogP contribution in [-0.4, -0.2) is 77.3 Å². The largest absolute Gasteiger partial charge is 0.585 e. The minimum absolute atomic E-state index is 0.359. The van der Waals surface area contributed by atoms with Crippen LogP contribution in [0.5, 0.6) is 0 Å². The molecular weight excluding hydrogens is 1070 g/mol. The number of aromatic amines is 2. The molecule has 8 aliphatic rings. The number of aryl methyl sites for hydroxylation is 2. The second-order valence-electron chi connectivity index (χ2n) is 12.9. The summed E-state index contributed by atoms with van der Waals surface area (Å²) in [7, 11) is 0. The second kappa shape index (κ2) is 72.0. The van der Waals surface area contributed by atoms with Gasteiger partial charge in [-0.3, -0.25) is 5.10 Å². The van der Waals surface area contributed by atoms with Gasteiger partial charge in [-0.2, -0.15) is 22.7 Å². The van der Waals surface area contributed by atoms with Gasteiger partial charge in [-0.25, -0.2) is 4.98 Å². The third kappa shape index (κ3) is 55.6. The van der Waals surface area contributed by atoms with Crippen molar-refractivity contribution in [1.29, 1.82) is 0 Å². The normalized spacial score (nSPS) is 15.5. The van der Waals surface area contributed by atoms with E-state index in [1.54, 1.807) is 24.3 Å². The molecule has 13 nitrogen and oxygen atoms in total. The smallest absolute Gasteiger partial charge is 0.502 e. The number of alkyl halides is 6. The summed E-state index contributed by atoms with van der Waals surface area (Å²) in [6.07, 6.45) is 22.5. The van der Waals surface area contributed by atoms with Gasteiger partial charge in [-0.15, -0.1) is 20.5 Å². The maximum atomic E-state index is 11.8. The van der Waals surface area contributed by atoms with Gasteiger partial charge in [0.25, 0.3) is 0 Å². The zero-order chi connectivity index (χ0) is 63.2. The summed E-state index contributed by atoms with van der Waals surface area (Å²) in [6.45, 7) is 40.9. The molecule has 1 aromatic carbocycles. The molecule has 3 aromatic rings. The Balaban J connectivity index is -0.000000148. The fraction of sp³-hybridized carbons (Fsp3) is 0.574. The van der Waals surface area contributed by atoms with Crippen LogP contribution < -0.4 is 16.0 Å². The van der Waals surface area contributed by atoms with Crippen molar-refractivity contribution in [3.8, 4) is 0 Å². The number of benzene rings is 1. The molecule has 0 spiro atoms. The number of hydrogen-bond acceptors (Lipinski definition) is 12. The van der Waals surface area contributed by atoms with Crippen LogP contribution in [-0.2, 0) is 47.7 Å². The number of thioether (sulfide) groups is 1. The summed E-state index contributed by atoms with van der Waals surface area (Å²) in [5.41, 5.74) is 5.86. The number of allylic oxidation sites excluding steroid dienone is 2. The van der Waals surface area contributed by atoms with Crippen molar-refractivity contribution in [1.82, 2.24) is 36.1 Å². The molecule has 0 amide bonds. The Labute approximate surface area is 491 Å². The summed E-state index contributed by atoms with van der Waals surface area (Å²) in [5, 5.41) is 17.2. The maximum Gasteiger partial charge on any atom is 0.585 e. The van der Waals surface area contributed by atoms with Crippen molar-refractivity contribution < 1.29 is 54.8 Å². The summed E-state index contributed by atoms with van der Waals surface area (Å²) in [5.74, 6) is 1.22. The highest BCUT2D eigenvalue weighted by atomic mass is 32.2. The van der Waals surface area contributed by atoms with E-state index in [2.05, 4.69) is 115 Å². The quantitative estimate of drug-likeness (QED) is 0.136. The number of halogens is 6. The Morgan fingerprint density at radius 1 is 0.519 bits per heavy atom. The SMILES string of the molecule is C1=CNCC1.C1=COCCC1.C1=COCCN1.C1=CSCCN1.C1=Cc2ccccc2C1.CC.CC.CC.CC.CC.CC.CC.CC.CC.FC1(F)OC=CO1.FC1(F)OC=COC1(F)F.c1cc2c([nH]1)CCCC2.c1nc[nH]n1. The van der Waals surface area contributed by atoms with Crippen LogP contribution in [0.2, 0.25) is 0 Å². The molecule has 0 bridgehead atoms. The van der Waals surface area contributed by atoms with Gasteiger partial charge < -0.3 is 49.4 Å². The fourth-order valence-corrected chi connectivity index (χ4v) is 5.69. The molecule has 0 unspecified atom stereocenters. The molecule has 0 fully saturated rings. The van der Waals surface area contributed by atoms with Crippen molar-refractivity contribution in [2.24, 2.45) is 0 Å². The van der Waals surface area contributed by atoms with Gasteiger partial charge in [0, 0.05) is 49.7 Å². The van der Waals surface area contributed by atoms with E-state index in [9.17, 15) is 26.3 Å². The van der Waals surface area contributed by atoms with Crippen molar-refractivity contribution >= 4 is 17.8 Å². The number of hydrogen-bond donors (Lipinski definition) is 5. The maximum absolute atomic E-state index is 11.8. The lowest BCUT2D eigenvalue weighted by molar-refractivity contribution is -0.417. The molecule has 2 aromatic heterocycles. The highest BCUT2D eigenvalue weighted by Gasteiger charge is 2.63. The van der Waals surface area contributed by atoms with Crippen molar-refractivity contribution in [2.45, 2.75) is 195 Å². The Bertz CT molecular complexity index is 1710. The Morgan fingerprint density at radius 2 is 1.09 bits per heavy atom. The predicted molar refractivity (Wildman–Crippen MR) is 331 cm³/mol. The summed E-state index contributed by atoms with van der Waals surface area (Å²) in [6, 6.07) is 10.7. The van der Waals surface area contributed by atoms with Crippen molar-refractivity contribution in [2.75, 3.05) is 38.6 Å². The first-order valence-corrected chi connectivity index (χ1v) is 30.1. The standard InChI is InChI=1S/C9H8.C8H11N.C5H8O.C4H2F4O2.C4H7NO.C4H7NS.C4H7N.C3H2F2O2.C2H3N3.9C2H6/c1-2-5-9-7-3-6-8(9)4-1;1-2-4-8-7(3-1)5-6-9-8;1-2-4-6-5-3-1;5-3(6)4(7,8)10-2-1-9-3;2*1-3-6-4-2-5-1;1-2-4-5-3-1;4-3(5)6-1-2-7-3;1-3-2-5-4-1;9*1-2/h1-6H,7H2;5-6,9H,1-4H2;2,4H,1,3,5H2;1-2H;2*1,3,5H,2,4H2;1,3,5H,2,4H2;1-2H;1-2H,(H,3,4,5);9*1-2H3. The van der Waals surface area contributed by atoms with Crippen molar-refractivity contribution in [3.05, 3.63) is 151 Å². The zero-order valence-electron chi connectivity index (χ0n) is 52.6. The number of H-pyrrole nitrogens is 2. The molecule has 20 heteroatoms. The molecule has 0 saturated carbocycles. The minimum atomic E-state index is -4.57. The average molecular weight is 1180 g/mol. The molecule has 11 rings (SSSR count). The fourth-order valence-electron chi connectivity index (χ4n) is 5.12. The van der Waals surface area contributed by atoms with Gasteiger partial charge in [-0.1, -0.05) is 167 Å². The van der Waals surface area contributed by atoms with Crippen LogP contribution in [0, 0.1) is 0 Å². The number of rotatable bonds is 0. The average Bonchev–Trinajstić information content (AvgIpc) is 4.46. The van der Waals surface area contributed by atoms with Gasteiger partial charge >= 0.3 is 18.5 Å². The van der Waals surface area contributed by atoms with Crippen LogP contribution in [0.25, 0.3) is 6.08 Å². The van der Waals surface area contributed by atoms with Gasteiger partial charge in [0.15, 0.2) is 0 Å². The number of fused-ring (bicyclic) bond motifs is 2. The molecule has 8 heterocycles. The topological polar surface area (TPSA) is 149 Å². The third-order valence-corrected chi connectivity index (χ3v) is 8.94. The van der Waals surface area contributed by atoms with Crippen LogP contribution in [0.4, 0.5) is 26.3 Å². The van der Waals surface area contributed by atoms with E-state index in [-0.39, 0.29) is 0 Å². The molecule has 472 valence electrons. The van der Waals surface area contributed by atoms with Crippen LogP contribution in [0.15, 0.2) is 129 Å². The third-order valence-electron chi connectivity index (χ3n) is 8.18. The van der Waals surface area contributed by atoms with E-state index in [1.165, 1.54) is 80.2 Å². The lowest BCUT2D eigenvalue weighted by Crippen LogP contribution is -2.44. The molecule has 5 N–H and O–H groups in total. The van der Waals surface area contributed by atoms with Gasteiger partial charge in [0.1, 0.15) is 44.3 Å². The Morgan fingerprint density at radius 3 is 1.38 bits per heavy atom. The number of nitrogens with one attached hydrogen (secondary N) is 5. The highest BCUT2D eigenvalue weighted by molar-refractivity contribution is 8.02. The van der Waals surface area contributed by atoms with Gasteiger partial charge in [0.05, 0.1) is 19.1 Å². The van der Waals surface area contributed by atoms with E-state index >= 15 is 0 Å². The number of nitrogens with zero attached hydrogens (tertiary/aromatic N) is 2. The summed E-state index contributed by atoms with van der Waals surface area (Å²) < 4.78 is 93.7. The van der Waals surface area contributed by atoms with Crippen molar-refractivity contribution in [3.63, 3.8) is 0 Å². The van der Waals surface area contributed by atoms with Crippen LogP contribution >= 0.6 is 11.8 Å². The Kier molecular flexibility index (Phi) is 78.9.